The van der Waals surface area contributed by atoms with E-state index in [1.165, 1.54) is 56.9 Å². The van der Waals surface area contributed by atoms with Crippen molar-refractivity contribution in [2.75, 3.05) is 0 Å². The van der Waals surface area contributed by atoms with Gasteiger partial charge in [0, 0.05) is 6.42 Å². The first-order valence-electron chi connectivity index (χ1n) is 6.79. The normalized spacial score (nSPS) is 31.1. The van der Waals surface area contributed by atoms with Gasteiger partial charge in [-0.05, 0) is 49.5 Å². The van der Waals surface area contributed by atoms with E-state index in [4.69, 9.17) is 0 Å². The Kier molecular flexibility index (Phi) is 2.53. The molecule has 2 heteroatoms. The number of allylic oxidation sites excluding steroid dienone is 2. The molecule has 0 aromatic heterocycles. The summed E-state index contributed by atoms with van der Waals surface area (Å²) in [5.41, 5.74) is 4.58. The monoisotopic (exact) mass is 219 g/mol. The molecule has 88 valence electrons. The topological polar surface area (TPSA) is 32.6 Å². The molecule has 1 saturated carbocycles. The highest BCUT2D eigenvalue weighted by atomic mass is 16.4. The van der Waals surface area contributed by atoms with Crippen molar-refractivity contribution in [3.63, 3.8) is 0 Å². The van der Waals surface area contributed by atoms with Gasteiger partial charge in [0.05, 0.1) is 5.71 Å². The van der Waals surface area contributed by atoms with Crippen LogP contribution in [-0.4, -0.2) is 10.9 Å². The lowest BCUT2D eigenvalue weighted by Gasteiger charge is -2.37. The number of hydrogen-bond donors (Lipinski definition) is 1. The molecule has 0 atom stereocenters. The summed E-state index contributed by atoms with van der Waals surface area (Å²) in [5.74, 6) is 0. The van der Waals surface area contributed by atoms with Crippen LogP contribution < -0.4 is 0 Å². The van der Waals surface area contributed by atoms with Crippen LogP contribution in [0.25, 0.3) is 0 Å². The second kappa shape index (κ2) is 3.90. The molecule has 1 fully saturated rings. The Hall–Kier alpha value is -0.790. The third kappa shape index (κ3) is 1.42. The number of hydrogen-bond acceptors (Lipinski definition) is 2. The fraction of sp³-hybridized carbons (Fsp3) is 0.786. The minimum absolute atomic E-state index is 0.426. The maximum absolute atomic E-state index is 9.17. The number of rotatable bonds is 0. The molecule has 0 amide bonds. The van der Waals surface area contributed by atoms with E-state index in [0.29, 0.717) is 5.41 Å². The highest BCUT2D eigenvalue weighted by Gasteiger charge is 2.44. The fourth-order valence-electron chi connectivity index (χ4n) is 4.15. The van der Waals surface area contributed by atoms with Gasteiger partial charge >= 0.3 is 0 Å². The van der Waals surface area contributed by atoms with Crippen LogP contribution in [-0.2, 0) is 0 Å². The van der Waals surface area contributed by atoms with Crippen LogP contribution in [0, 0.1) is 5.41 Å². The van der Waals surface area contributed by atoms with Gasteiger partial charge in [-0.3, -0.25) is 0 Å². The minimum Gasteiger partial charge on any atom is -0.411 e. The molecule has 2 nitrogen and oxygen atoms in total. The number of nitrogens with zero attached hydrogens (tertiary/aromatic N) is 1. The first-order chi connectivity index (χ1) is 7.86. The van der Waals surface area contributed by atoms with Crippen LogP contribution >= 0.6 is 0 Å². The average molecular weight is 219 g/mol. The van der Waals surface area contributed by atoms with Crippen LogP contribution in [0.2, 0.25) is 0 Å². The summed E-state index contributed by atoms with van der Waals surface area (Å²) in [6.07, 6.45) is 12.9. The van der Waals surface area contributed by atoms with E-state index in [-0.39, 0.29) is 0 Å². The Labute approximate surface area is 97.4 Å². The van der Waals surface area contributed by atoms with E-state index in [1.807, 2.05) is 0 Å². The minimum atomic E-state index is 0.426. The Bertz CT molecular complexity index is 348. The largest absolute Gasteiger partial charge is 0.411 e. The van der Waals surface area contributed by atoms with Crippen LogP contribution in [0.5, 0.6) is 0 Å². The van der Waals surface area contributed by atoms with Crippen LogP contribution in [0.3, 0.4) is 0 Å². The van der Waals surface area contributed by atoms with Gasteiger partial charge in [-0.2, -0.15) is 0 Å². The molecule has 3 rings (SSSR count). The van der Waals surface area contributed by atoms with Gasteiger partial charge in [-0.25, -0.2) is 0 Å². The number of oxime groups is 1. The van der Waals surface area contributed by atoms with Crippen LogP contribution in [0.1, 0.15) is 64.2 Å². The first kappa shape index (κ1) is 10.4. The van der Waals surface area contributed by atoms with Gasteiger partial charge in [0.2, 0.25) is 0 Å². The maximum Gasteiger partial charge on any atom is 0.0836 e. The summed E-state index contributed by atoms with van der Waals surface area (Å²) >= 11 is 0. The van der Waals surface area contributed by atoms with Crippen molar-refractivity contribution in [2.45, 2.75) is 64.2 Å². The van der Waals surface area contributed by atoms with Crippen molar-refractivity contribution in [3.05, 3.63) is 11.1 Å². The molecular formula is C14H21NO. The van der Waals surface area contributed by atoms with Crippen LogP contribution in [0.15, 0.2) is 16.3 Å². The fourth-order valence-corrected chi connectivity index (χ4v) is 4.15. The molecule has 16 heavy (non-hydrogen) atoms. The maximum atomic E-state index is 9.17. The van der Waals surface area contributed by atoms with Gasteiger partial charge in [0.15, 0.2) is 0 Å². The predicted molar refractivity (Wildman–Crippen MR) is 64.9 cm³/mol. The second-order valence-electron chi connectivity index (χ2n) is 5.73. The molecule has 0 saturated heterocycles. The third-order valence-electron chi connectivity index (χ3n) is 4.89. The van der Waals surface area contributed by atoms with Crippen molar-refractivity contribution in [3.8, 4) is 0 Å². The Balaban J connectivity index is 1.99. The molecule has 0 aromatic carbocycles. The lowest BCUT2D eigenvalue weighted by atomic mass is 9.67. The molecular weight excluding hydrogens is 198 g/mol. The Morgan fingerprint density at radius 1 is 0.938 bits per heavy atom. The summed E-state index contributed by atoms with van der Waals surface area (Å²) in [5, 5.41) is 12.8. The summed E-state index contributed by atoms with van der Waals surface area (Å²) in [7, 11) is 0. The molecule has 1 spiro atoms. The average Bonchev–Trinajstić information content (AvgIpc) is 2.66. The van der Waals surface area contributed by atoms with Crippen molar-refractivity contribution >= 4 is 5.71 Å². The van der Waals surface area contributed by atoms with Crippen LogP contribution in [0.4, 0.5) is 0 Å². The van der Waals surface area contributed by atoms with Crippen molar-refractivity contribution < 1.29 is 5.21 Å². The summed E-state index contributed by atoms with van der Waals surface area (Å²) in [4.78, 5) is 0. The molecule has 0 bridgehead atoms. The van der Waals surface area contributed by atoms with E-state index in [0.717, 1.165) is 18.6 Å². The molecule has 0 aliphatic heterocycles. The quantitative estimate of drug-likeness (QED) is 0.484. The van der Waals surface area contributed by atoms with Gasteiger partial charge in [0.25, 0.3) is 0 Å². The highest BCUT2D eigenvalue weighted by Crippen LogP contribution is 2.55. The summed E-state index contributed by atoms with van der Waals surface area (Å²) < 4.78 is 0. The van der Waals surface area contributed by atoms with E-state index >= 15 is 0 Å². The van der Waals surface area contributed by atoms with E-state index in [1.54, 1.807) is 5.57 Å². The SMILES string of the molecule is ON=C1CC2(CCCCC2)C2=C1CCCC2. The molecule has 0 heterocycles. The summed E-state index contributed by atoms with van der Waals surface area (Å²) in [6, 6.07) is 0. The Morgan fingerprint density at radius 2 is 1.69 bits per heavy atom. The zero-order chi connectivity index (χ0) is 11.0. The molecule has 0 radical (unpaired) electrons. The lowest BCUT2D eigenvalue weighted by molar-refractivity contribution is 0.243. The van der Waals surface area contributed by atoms with Crippen molar-refractivity contribution in [2.24, 2.45) is 10.6 Å². The van der Waals surface area contributed by atoms with Crippen molar-refractivity contribution in [1.82, 2.24) is 0 Å². The van der Waals surface area contributed by atoms with E-state index in [2.05, 4.69) is 5.16 Å². The van der Waals surface area contributed by atoms with Gasteiger partial charge in [0.1, 0.15) is 0 Å². The van der Waals surface area contributed by atoms with Gasteiger partial charge < -0.3 is 5.21 Å². The van der Waals surface area contributed by atoms with Crippen molar-refractivity contribution in [1.29, 1.82) is 0 Å². The first-order valence-corrected chi connectivity index (χ1v) is 6.79. The smallest absolute Gasteiger partial charge is 0.0836 e. The standard InChI is InChI=1S/C14H21NO/c16-15-13-10-14(8-4-1-5-9-14)12-7-3-2-6-11(12)13/h16H,1-10H2. The third-order valence-corrected chi connectivity index (χ3v) is 4.89. The lowest BCUT2D eigenvalue weighted by Crippen LogP contribution is -2.24. The van der Waals surface area contributed by atoms with Gasteiger partial charge in [-0.15, -0.1) is 0 Å². The molecule has 0 unspecified atom stereocenters. The van der Waals surface area contributed by atoms with E-state index in [9.17, 15) is 5.21 Å². The zero-order valence-corrected chi connectivity index (χ0v) is 9.97. The van der Waals surface area contributed by atoms with E-state index < -0.39 is 0 Å². The molecule has 1 N–H and O–H groups in total. The predicted octanol–water partition coefficient (Wildman–Crippen LogP) is 4.04. The highest BCUT2D eigenvalue weighted by molar-refractivity contribution is 6.04. The Morgan fingerprint density at radius 3 is 2.44 bits per heavy atom. The van der Waals surface area contributed by atoms with Gasteiger partial charge in [-0.1, -0.05) is 30.0 Å². The zero-order valence-electron chi connectivity index (χ0n) is 9.97. The number of fused-ring (bicyclic) bond motifs is 1. The molecule has 3 aliphatic carbocycles. The molecule has 3 aliphatic rings. The molecule has 0 aromatic rings. The second-order valence-corrected chi connectivity index (χ2v) is 5.73. The summed E-state index contributed by atoms with van der Waals surface area (Å²) in [6.45, 7) is 0.